The number of benzene rings is 5. The lowest BCUT2D eigenvalue weighted by molar-refractivity contribution is 0.241. The predicted molar refractivity (Wildman–Crippen MR) is 584 cm³/mol. The largest absolute Gasteiger partial charge is 0.472 e. The van der Waals surface area contributed by atoms with Crippen molar-refractivity contribution in [3.63, 3.8) is 0 Å². The third-order valence-electron chi connectivity index (χ3n) is 24.9. The van der Waals surface area contributed by atoms with Gasteiger partial charge in [-0.1, -0.05) is 233 Å². The van der Waals surface area contributed by atoms with E-state index < -0.39 is 0 Å². The molecule has 0 spiro atoms. The normalized spacial score (nSPS) is 12.1. The van der Waals surface area contributed by atoms with Crippen LogP contribution in [0.4, 0.5) is 34.9 Å². The molecule has 0 amide bonds. The molecular weight excluding hydrogens is 1800 g/mol. The van der Waals surface area contributed by atoms with Crippen molar-refractivity contribution in [2.24, 2.45) is 17.8 Å². The van der Waals surface area contributed by atoms with Gasteiger partial charge in [-0.05, 0) is 173 Å². The van der Waals surface area contributed by atoms with E-state index >= 15 is 0 Å². The Morgan fingerprint density at radius 2 is 0.646 bits per heavy atom. The molecule has 14 heterocycles. The van der Waals surface area contributed by atoms with Crippen LogP contribution in [0.15, 0.2) is 273 Å². The zero-order chi connectivity index (χ0) is 101. The molecule has 9 N–H and O–H groups in total. The number of aliphatic hydroxyl groups is 3. The van der Waals surface area contributed by atoms with E-state index in [1.165, 1.54) is 33.4 Å². The number of nitrogens with zero attached hydrogens (tertiary/aromatic N) is 19. The molecule has 3 unspecified atom stereocenters. The van der Waals surface area contributed by atoms with Gasteiger partial charge in [0.2, 0.25) is 0 Å². The van der Waals surface area contributed by atoms with E-state index in [1.54, 1.807) is 24.9 Å². The first kappa shape index (κ1) is 105. The molecular formula is C115H141N25O4. The highest BCUT2D eigenvalue weighted by molar-refractivity contribution is 5.91. The van der Waals surface area contributed by atoms with Gasteiger partial charge in [0, 0.05) is 127 Å². The zero-order valence-corrected chi connectivity index (χ0v) is 85.8. The molecule has 0 fully saturated rings. The lowest BCUT2D eigenvalue weighted by Gasteiger charge is -2.23. The lowest BCUT2D eigenvalue weighted by Crippen LogP contribution is -2.31. The molecule has 0 aliphatic carbocycles. The quantitative estimate of drug-likeness (QED) is 0.0173. The number of furan rings is 1. The number of aryl methyl sites for hydroxylation is 6. The number of aliphatic hydroxyl groups excluding tert-OH is 3. The molecule has 144 heavy (non-hydrogen) atoms. The van der Waals surface area contributed by atoms with Gasteiger partial charge in [0.15, 0.2) is 34.9 Å². The van der Waals surface area contributed by atoms with Gasteiger partial charge in [-0.25, -0.2) is 59.8 Å². The van der Waals surface area contributed by atoms with Gasteiger partial charge in [0.1, 0.15) is 68.0 Å². The van der Waals surface area contributed by atoms with Crippen molar-refractivity contribution < 1.29 is 19.7 Å². The van der Waals surface area contributed by atoms with Crippen LogP contribution in [0.1, 0.15) is 181 Å². The van der Waals surface area contributed by atoms with Crippen molar-refractivity contribution >= 4 is 101 Å². The van der Waals surface area contributed by atoms with Crippen molar-refractivity contribution in [3.8, 4) is 0 Å². The van der Waals surface area contributed by atoms with Gasteiger partial charge in [-0.2, -0.15) is 0 Å². The topological polar surface area (TPSA) is 343 Å². The third-order valence-corrected chi connectivity index (χ3v) is 24.9. The maximum atomic E-state index is 9.77. The maximum Gasteiger partial charge on any atom is 0.154 e. The molecule has 0 saturated heterocycles. The number of hydrogen-bond donors (Lipinski definition) is 9. The Balaban J connectivity index is 0.000000137. The van der Waals surface area contributed by atoms with Crippen LogP contribution in [0, 0.1) is 59.3 Å². The van der Waals surface area contributed by atoms with Crippen molar-refractivity contribution in [1.29, 1.82) is 0 Å². The summed E-state index contributed by atoms with van der Waals surface area (Å²) in [5.74, 6) is 11.3. The van der Waals surface area contributed by atoms with Gasteiger partial charge in [-0.15, -0.1) is 0 Å². The molecule has 14 aromatic heterocycles. The second-order valence-corrected chi connectivity index (χ2v) is 37.6. The van der Waals surface area contributed by atoms with E-state index in [0.717, 1.165) is 239 Å². The summed E-state index contributed by atoms with van der Waals surface area (Å²) in [6.07, 6.45) is 27.4. The number of unbranched alkanes of at least 4 members (excludes halogenated alkanes) is 1. The molecule has 4 atom stereocenters. The summed E-state index contributed by atoms with van der Waals surface area (Å²) in [7, 11) is 0. The van der Waals surface area contributed by atoms with Crippen LogP contribution in [0.3, 0.4) is 0 Å². The number of aromatic nitrogens is 19. The van der Waals surface area contributed by atoms with Crippen LogP contribution < -0.4 is 31.9 Å². The van der Waals surface area contributed by atoms with E-state index in [-0.39, 0.29) is 37.9 Å². The van der Waals surface area contributed by atoms with Crippen molar-refractivity contribution in [1.82, 2.24) is 92.2 Å². The molecule has 19 aromatic rings. The van der Waals surface area contributed by atoms with Crippen LogP contribution in [0.25, 0.3) is 66.2 Å². The summed E-state index contributed by atoms with van der Waals surface area (Å²) in [4.78, 5) is 59.2. The average Bonchev–Trinajstić information content (AvgIpc) is 1.65. The third kappa shape index (κ3) is 29.3. The first-order valence-electron chi connectivity index (χ1n) is 50.5. The molecule has 0 saturated carbocycles. The molecule has 29 heteroatoms. The lowest BCUT2D eigenvalue weighted by atomic mass is 10.00. The highest BCUT2D eigenvalue weighted by Crippen LogP contribution is 2.32. The van der Waals surface area contributed by atoms with Gasteiger partial charge in [0.05, 0.1) is 70.9 Å². The van der Waals surface area contributed by atoms with E-state index in [9.17, 15) is 15.3 Å². The van der Waals surface area contributed by atoms with E-state index in [2.05, 4.69) is 313 Å². The molecule has 29 nitrogen and oxygen atoms in total. The minimum Gasteiger partial charge on any atom is -0.472 e. The highest BCUT2D eigenvalue weighted by Gasteiger charge is 2.24. The molecule has 0 aliphatic heterocycles. The molecule has 19 rings (SSSR count). The fourth-order valence-corrected chi connectivity index (χ4v) is 17.4. The van der Waals surface area contributed by atoms with E-state index in [4.69, 9.17) is 4.42 Å². The zero-order valence-electron chi connectivity index (χ0n) is 85.8. The summed E-state index contributed by atoms with van der Waals surface area (Å²) >= 11 is 0. The molecule has 750 valence electrons. The summed E-state index contributed by atoms with van der Waals surface area (Å²) in [5.41, 5.74) is 20.4. The predicted octanol–water partition coefficient (Wildman–Crippen LogP) is 22.6. The first-order chi connectivity index (χ1) is 70.1. The summed E-state index contributed by atoms with van der Waals surface area (Å²) in [6, 6.07) is 70.4. The van der Waals surface area contributed by atoms with Crippen LogP contribution in [-0.2, 0) is 45.8 Å². The molecule has 0 radical (unpaired) electrons. The van der Waals surface area contributed by atoms with E-state index in [0.29, 0.717) is 30.7 Å². The fourth-order valence-electron chi connectivity index (χ4n) is 17.4. The highest BCUT2D eigenvalue weighted by atomic mass is 16.3. The SMILES string of the molecule is CCCC(CCO)Nc1nc(C)nc2ccn(Cc3ccncc3)c12.CCCCC(CO)Nc1nc(C)nc2ccn(Cc3ccccc3)c12.CC[C@H](C)C(CO)Nc1nc(C)nc2ccn(Cc3ccccc3)c12.Cc1nc(NCC(C)C)c2c(ccn2Cc2ccccc2)n1.Cc1nc(NCCC(C)C)c2c(ccn2Cc2ccccc2)n1.Cc1nc(NCc2ccoc2)c2c(ccn2Cc2ccccc2)n1. The number of fused-ring (bicyclic) bond motifs is 6. The Morgan fingerprint density at radius 1 is 0.312 bits per heavy atom. The number of anilines is 6. The summed E-state index contributed by atoms with van der Waals surface area (Å²) < 4.78 is 18.2. The smallest absolute Gasteiger partial charge is 0.154 e. The van der Waals surface area contributed by atoms with Crippen molar-refractivity contribution in [3.05, 3.63) is 342 Å². The van der Waals surface area contributed by atoms with Crippen LogP contribution in [0.2, 0.25) is 0 Å². The van der Waals surface area contributed by atoms with Crippen LogP contribution in [0.5, 0.6) is 0 Å². The fraction of sp³-hybridized carbons (Fsp3) is 0.348. The van der Waals surface area contributed by atoms with Crippen LogP contribution >= 0.6 is 0 Å². The Kier molecular flexibility index (Phi) is 38.3. The van der Waals surface area contributed by atoms with Gasteiger partial charge in [-0.3, -0.25) is 4.98 Å². The van der Waals surface area contributed by atoms with Crippen LogP contribution in [-0.4, -0.2) is 159 Å². The number of hydrogen-bond acceptors (Lipinski definition) is 23. The Hall–Kier alpha value is -15.1. The second-order valence-electron chi connectivity index (χ2n) is 37.6. The van der Waals surface area contributed by atoms with Gasteiger partial charge < -0.3 is 79.0 Å². The van der Waals surface area contributed by atoms with E-state index in [1.807, 2.05) is 151 Å². The average molecular weight is 1940 g/mol. The maximum absolute atomic E-state index is 9.77. The Morgan fingerprint density at radius 3 is 0.958 bits per heavy atom. The standard InChI is InChI=1S/2C20H26N4O.C19H25N5O.C19H18N4O.C19H24N4.C18H22N4/c1-4-14(2)18(13-25)23-20-19-17(21-15(3)22-20)10-11-24(19)12-16-8-6-5-7-9-16;1-3-4-10-17(14-25)23-20-19-18(21-15(2)22-20)11-12-24(19)13-16-8-6-5-7-9-16;1-3-4-16(8-12-25)23-19-18-17(21-14(2)22-19)7-11-24(18)13-15-5-9-20-10-6-15;1-14-21-17-7-9-23(12-15-5-3-2-4-6-15)18(17)19(22-14)20-11-16-8-10-24-13-16;1-14(2)9-11-20-19-18-17(21-15(3)22-19)10-12-23(18)13-16-7-5-4-6-8-16;1-13(2)11-19-18-17-16(20-14(3)21-18)9-10-22(17)12-15-7-5-4-6-8-15/h5-11,14,18,25H,4,12-13H2,1-3H3,(H,21,22,23);5-9,11-12,17,25H,3-4,10,13-14H2,1-2H3,(H,21,22,23);5-7,9-11,16,25H,3-4,8,12-13H2,1-2H3,(H,21,22,23);2-10,13H,11-12H2,1H3,(H,20,21,22);4-8,10,12,14H,9,11,13H2,1-3H3,(H,20,21,22);4-10,13H,11-12H2,1-3H3,(H,19,20,21)/t14-,18?;;;;;/m0...../s1. The molecule has 5 aromatic carbocycles. The monoisotopic (exact) mass is 1940 g/mol. The molecule has 0 bridgehead atoms. The van der Waals surface area contributed by atoms with Gasteiger partial charge in [0.25, 0.3) is 0 Å². The minimum absolute atomic E-state index is 0.0116. The summed E-state index contributed by atoms with van der Waals surface area (Å²) in [5, 5.41) is 49.6. The number of rotatable bonds is 39. The number of nitrogens with one attached hydrogen (secondary N) is 6. The summed E-state index contributed by atoms with van der Waals surface area (Å²) in [6.45, 7) is 36.5. The first-order valence-corrected chi connectivity index (χ1v) is 50.5. The number of pyridine rings is 1. The van der Waals surface area contributed by atoms with Gasteiger partial charge >= 0.3 is 0 Å². The Bertz CT molecular complexity index is 7120. The molecule has 0 aliphatic rings. The second kappa shape index (κ2) is 52.6. The minimum atomic E-state index is -0.0254. The van der Waals surface area contributed by atoms with Crippen molar-refractivity contribution in [2.45, 2.75) is 212 Å². The van der Waals surface area contributed by atoms with Crippen molar-refractivity contribution in [2.75, 3.05) is 64.8 Å². The Labute approximate surface area is 845 Å².